The zero-order valence-corrected chi connectivity index (χ0v) is 17.8. The molecule has 0 aliphatic carbocycles. The fraction of sp³-hybridized carbons (Fsp3) is 0.263. The van der Waals surface area contributed by atoms with Crippen LogP contribution in [0.5, 0.6) is 0 Å². The van der Waals surface area contributed by atoms with Crippen LogP contribution in [0.3, 0.4) is 0 Å². The molecule has 0 fully saturated rings. The van der Waals surface area contributed by atoms with Gasteiger partial charge in [0.15, 0.2) is 11.6 Å². The van der Waals surface area contributed by atoms with Gasteiger partial charge in [0, 0.05) is 10.1 Å². The average molecular weight is 474 g/mol. The minimum atomic E-state index is -3.63. The molecular formula is C19H18BrF2NO2S2. The summed E-state index contributed by atoms with van der Waals surface area (Å²) in [5.41, 5.74) is 0.387. The molecule has 0 aliphatic heterocycles. The molecular weight excluding hydrogens is 456 g/mol. The summed E-state index contributed by atoms with van der Waals surface area (Å²) in [6.07, 6.45) is 1.27. The molecule has 8 heteroatoms. The largest absolute Gasteiger partial charge is 0.255 e. The summed E-state index contributed by atoms with van der Waals surface area (Å²) in [6, 6.07) is 11.1. The smallest absolute Gasteiger partial charge is 0.236 e. The number of halogens is 3. The van der Waals surface area contributed by atoms with Crippen molar-refractivity contribution in [3.8, 4) is 0 Å². The highest BCUT2D eigenvalue weighted by atomic mass is 79.9. The Morgan fingerprint density at radius 1 is 1.11 bits per heavy atom. The quantitative estimate of drug-likeness (QED) is 0.416. The molecule has 0 atom stereocenters. The van der Waals surface area contributed by atoms with Gasteiger partial charge in [0.05, 0.1) is 16.8 Å². The van der Waals surface area contributed by atoms with Crippen molar-refractivity contribution in [2.24, 2.45) is 0 Å². The summed E-state index contributed by atoms with van der Waals surface area (Å²) in [6.45, 7) is 1.86. The van der Waals surface area contributed by atoms with E-state index in [0.29, 0.717) is 21.5 Å². The summed E-state index contributed by atoms with van der Waals surface area (Å²) in [4.78, 5) is 0. The van der Waals surface area contributed by atoms with E-state index in [9.17, 15) is 17.2 Å². The molecule has 1 heterocycles. The molecule has 144 valence electrons. The molecule has 0 N–H and O–H groups in total. The third kappa shape index (κ3) is 4.33. The highest BCUT2D eigenvalue weighted by Crippen LogP contribution is 2.43. The summed E-state index contributed by atoms with van der Waals surface area (Å²) in [5.74, 6) is -1.95. The van der Waals surface area contributed by atoms with Crippen molar-refractivity contribution in [1.82, 2.24) is 0 Å². The number of fused-ring (bicyclic) bond motifs is 1. The Bertz CT molecular complexity index is 1070. The van der Waals surface area contributed by atoms with E-state index in [1.807, 2.05) is 31.2 Å². The number of anilines is 1. The van der Waals surface area contributed by atoms with E-state index in [2.05, 4.69) is 15.9 Å². The molecule has 0 aliphatic rings. The minimum Gasteiger partial charge on any atom is -0.255 e. The van der Waals surface area contributed by atoms with E-state index in [-0.39, 0.29) is 12.3 Å². The highest BCUT2D eigenvalue weighted by molar-refractivity contribution is 9.10. The number of sulfonamides is 1. The lowest BCUT2D eigenvalue weighted by Crippen LogP contribution is -2.32. The third-order valence-electron chi connectivity index (χ3n) is 4.15. The summed E-state index contributed by atoms with van der Waals surface area (Å²) in [7, 11) is -3.63. The third-order valence-corrected chi connectivity index (χ3v) is 8.31. The van der Waals surface area contributed by atoms with Crippen LogP contribution in [0, 0.1) is 11.6 Å². The van der Waals surface area contributed by atoms with Gasteiger partial charge in [-0.3, -0.25) is 4.31 Å². The first kappa shape index (κ1) is 20.2. The Morgan fingerprint density at radius 2 is 1.85 bits per heavy atom. The monoisotopic (exact) mass is 473 g/mol. The van der Waals surface area contributed by atoms with Crippen LogP contribution in [0.2, 0.25) is 0 Å². The van der Waals surface area contributed by atoms with Crippen LogP contribution in [0.4, 0.5) is 13.8 Å². The fourth-order valence-electron chi connectivity index (χ4n) is 2.70. The van der Waals surface area contributed by atoms with Crippen molar-refractivity contribution in [1.29, 1.82) is 0 Å². The van der Waals surface area contributed by atoms with E-state index >= 15 is 0 Å². The van der Waals surface area contributed by atoms with Gasteiger partial charge in [0.25, 0.3) is 0 Å². The molecule has 3 aromatic rings. The number of nitrogens with zero attached hydrogens (tertiary/aromatic N) is 1. The van der Waals surface area contributed by atoms with Crippen LogP contribution in [-0.4, -0.2) is 14.2 Å². The van der Waals surface area contributed by atoms with E-state index in [4.69, 9.17) is 0 Å². The average Bonchev–Trinajstić information content (AvgIpc) is 2.97. The van der Waals surface area contributed by atoms with Gasteiger partial charge < -0.3 is 0 Å². The predicted octanol–water partition coefficient (Wildman–Crippen LogP) is 6.08. The van der Waals surface area contributed by atoms with Crippen LogP contribution >= 0.6 is 27.3 Å². The standard InChI is InChI=1S/C19H18BrF2NO2S2/c1-2-3-10-27(24,25)23(12-13-8-9-15(21)16(22)11-13)19-18(20)14-6-4-5-7-17(14)26-19/h4-9,11H,2-3,10,12H2,1H3. The Kier molecular flexibility index (Phi) is 6.18. The molecule has 0 radical (unpaired) electrons. The Labute approximate surface area is 169 Å². The van der Waals surface area contributed by atoms with Crippen molar-refractivity contribution in [3.63, 3.8) is 0 Å². The molecule has 2 aromatic carbocycles. The van der Waals surface area contributed by atoms with Gasteiger partial charge in [-0.1, -0.05) is 37.6 Å². The molecule has 27 heavy (non-hydrogen) atoms. The van der Waals surface area contributed by atoms with E-state index in [0.717, 1.165) is 28.6 Å². The lowest BCUT2D eigenvalue weighted by atomic mass is 10.2. The highest BCUT2D eigenvalue weighted by Gasteiger charge is 2.27. The van der Waals surface area contributed by atoms with Gasteiger partial charge in [0.2, 0.25) is 10.0 Å². The summed E-state index contributed by atoms with van der Waals surface area (Å²) < 4.78 is 55.8. The topological polar surface area (TPSA) is 37.4 Å². The lowest BCUT2D eigenvalue weighted by molar-refractivity contribution is 0.507. The zero-order chi connectivity index (χ0) is 19.6. The van der Waals surface area contributed by atoms with Gasteiger partial charge in [0.1, 0.15) is 5.00 Å². The van der Waals surface area contributed by atoms with Crippen molar-refractivity contribution in [2.75, 3.05) is 10.1 Å². The molecule has 0 spiro atoms. The number of hydrogen-bond acceptors (Lipinski definition) is 3. The van der Waals surface area contributed by atoms with Gasteiger partial charge in [-0.05, 0) is 46.1 Å². The van der Waals surface area contributed by atoms with Crippen LogP contribution in [0.1, 0.15) is 25.3 Å². The summed E-state index contributed by atoms with van der Waals surface area (Å²) in [5, 5.41) is 1.45. The number of hydrogen-bond donors (Lipinski definition) is 0. The fourth-order valence-corrected chi connectivity index (χ4v) is 6.77. The van der Waals surface area contributed by atoms with Crippen LogP contribution in [0.25, 0.3) is 10.1 Å². The van der Waals surface area contributed by atoms with Gasteiger partial charge in [-0.2, -0.15) is 0 Å². The van der Waals surface area contributed by atoms with Crippen molar-refractivity contribution < 1.29 is 17.2 Å². The SMILES string of the molecule is CCCCS(=O)(=O)N(Cc1ccc(F)c(F)c1)c1sc2ccccc2c1Br. The van der Waals surface area contributed by atoms with Crippen molar-refractivity contribution in [2.45, 2.75) is 26.3 Å². The van der Waals surface area contributed by atoms with Crippen molar-refractivity contribution >= 4 is 52.4 Å². The minimum absolute atomic E-state index is 0.00609. The Balaban J connectivity index is 2.08. The second-order valence-electron chi connectivity index (χ2n) is 6.14. The van der Waals surface area contributed by atoms with Gasteiger partial charge in [-0.25, -0.2) is 17.2 Å². The first-order chi connectivity index (χ1) is 12.8. The Hall–Kier alpha value is -1.51. The van der Waals surface area contributed by atoms with Gasteiger partial charge in [-0.15, -0.1) is 11.3 Å². The molecule has 0 amide bonds. The molecule has 0 saturated heterocycles. The predicted molar refractivity (Wildman–Crippen MR) is 111 cm³/mol. The normalized spacial score (nSPS) is 11.9. The second-order valence-corrected chi connectivity index (χ2v) is 9.98. The maximum Gasteiger partial charge on any atom is 0.236 e. The molecule has 0 saturated carbocycles. The molecule has 0 bridgehead atoms. The van der Waals surface area contributed by atoms with Crippen LogP contribution < -0.4 is 4.31 Å². The number of unbranched alkanes of at least 4 members (excludes halogenated alkanes) is 1. The van der Waals surface area contributed by atoms with E-state index in [1.54, 1.807) is 0 Å². The molecule has 3 rings (SSSR count). The maximum atomic E-state index is 13.6. The first-order valence-corrected chi connectivity index (χ1v) is 11.7. The molecule has 0 unspecified atom stereocenters. The lowest BCUT2D eigenvalue weighted by Gasteiger charge is -2.23. The van der Waals surface area contributed by atoms with E-state index in [1.165, 1.54) is 21.7 Å². The van der Waals surface area contributed by atoms with Crippen molar-refractivity contribution in [3.05, 3.63) is 64.1 Å². The Morgan fingerprint density at radius 3 is 2.52 bits per heavy atom. The second kappa shape index (κ2) is 8.24. The number of benzene rings is 2. The molecule has 3 nitrogen and oxygen atoms in total. The van der Waals surface area contributed by atoms with Crippen LogP contribution in [-0.2, 0) is 16.6 Å². The number of rotatable bonds is 7. The first-order valence-electron chi connectivity index (χ1n) is 8.45. The summed E-state index contributed by atoms with van der Waals surface area (Å²) >= 11 is 4.87. The van der Waals surface area contributed by atoms with Crippen LogP contribution in [0.15, 0.2) is 46.9 Å². The maximum absolute atomic E-state index is 13.6. The van der Waals surface area contributed by atoms with E-state index < -0.39 is 21.7 Å². The number of thiophene rings is 1. The molecule has 1 aromatic heterocycles. The zero-order valence-electron chi connectivity index (χ0n) is 14.6. The van der Waals surface area contributed by atoms with Gasteiger partial charge >= 0.3 is 0 Å².